The summed E-state index contributed by atoms with van der Waals surface area (Å²) in [5.41, 5.74) is 1.21. The van der Waals surface area contributed by atoms with E-state index in [0.29, 0.717) is 0 Å². The Hall–Kier alpha value is -0.573. The van der Waals surface area contributed by atoms with Gasteiger partial charge in [0.2, 0.25) is 5.91 Å². The number of carbonyl (C=O) groups is 1. The van der Waals surface area contributed by atoms with Crippen molar-refractivity contribution in [2.24, 2.45) is 0 Å². The summed E-state index contributed by atoms with van der Waals surface area (Å²) in [6, 6.07) is 1.10. The first kappa shape index (κ1) is 12.4. The van der Waals surface area contributed by atoms with Gasteiger partial charge in [0.25, 0.3) is 0 Å². The first-order chi connectivity index (χ1) is 5.72. The maximum absolute atomic E-state index is 11.3. The van der Waals surface area contributed by atoms with Gasteiger partial charge in [-0.15, -0.1) is 0 Å². The van der Waals surface area contributed by atoms with Crippen molar-refractivity contribution in [2.45, 2.75) is 32.6 Å². The zero-order valence-electron chi connectivity index (χ0n) is 9.64. The molecule has 13 heavy (non-hydrogen) atoms. The van der Waals surface area contributed by atoms with Crippen molar-refractivity contribution in [2.75, 3.05) is 14.1 Å². The highest BCUT2D eigenvalue weighted by Gasteiger charge is 2.13. The Kier molecular flexibility index (Phi) is 4.40. The Morgan fingerprint density at radius 2 is 1.77 bits per heavy atom. The minimum absolute atomic E-state index is 0.0933. The van der Waals surface area contributed by atoms with Crippen LogP contribution in [0.25, 0.3) is 0 Å². The third kappa shape index (κ3) is 6.58. The molecule has 0 aromatic carbocycles. The molecule has 0 fully saturated rings. The first-order valence-corrected chi connectivity index (χ1v) is 8.31. The smallest absolute Gasteiger partial charge is 0.245 e. The quantitative estimate of drug-likeness (QED) is 0.505. The monoisotopic (exact) mass is 199 g/mol. The second kappa shape index (κ2) is 4.60. The van der Waals surface area contributed by atoms with Crippen molar-refractivity contribution in [3.63, 3.8) is 0 Å². The molecule has 2 nitrogen and oxygen atoms in total. The van der Waals surface area contributed by atoms with Crippen molar-refractivity contribution in [1.82, 2.24) is 4.90 Å². The molecule has 0 aliphatic carbocycles. The molecule has 0 saturated heterocycles. The Morgan fingerprint density at radius 1 is 1.31 bits per heavy atom. The lowest BCUT2D eigenvalue weighted by Gasteiger charge is -2.16. The number of nitrogens with zero attached hydrogens (tertiary/aromatic N) is 1. The van der Waals surface area contributed by atoms with Crippen LogP contribution < -0.4 is 0 Å². The molecule has 0 heterocycles. The average Bonchev–Trinajstić information content (AvgIpc) is 1.81. The Morgan fingerprint density at radius 3 is 2.08 bits per heavy atom. The molecule has 0 spiro atoms. The van der Waals surface area contributed by atoms with Crippen LogP contribution in [-0.2, 0) is 4.79 Å². The van der Waals surface area contributed by atoms with Crippen molar-refractivity contribution >= 4 is 14.0 Å². The molecule has 3 heteroatoms. The van der Waals surface area contributed by atoms with Crippen LogP contribution in [0.3, 0.4) is 0 Å². The van der Waals surface area contributed by atoms with Gasteiger partial charge in [-0.25, -0.2) is 0 Å². The minimum Gasteiger partial charge on any atom is -0.345 e. The predicted octanol–water partition coefficient (Wildman–Crippen LogP) is 2.36. The average molecular weight is 199 g/mol. The minimum atomic E-state index is -1.06. The highest BCUT2D eigenvalue weighted by Crippen LogP contribution is 2.15. The summed E-state index contributed by atoms with van der Waals surface area (Å²) in [5, 5.41) is 0. The van der Waals surface area contributed by atoms with E-state index in [1.807, 2.05) is 6.92 Å². The van der Waals surface area contributed by atoms with Gasteiger partial charge in [0.05, 0.1) is 0 Å². The Labute approximate surface area is 82.6 Å². The second-order valence-corrected chi connectivity index (χ2v) is 10.4. The van der Waals surface area contributed by atoms with Gasteiger partial charge in [0, 0.05) is 28.2 Å². The van der Waals surface area contributed by atoms with E-state index < -0.39 is 8.07 Å². The molecule has 0 aromatic rings. The van der Waals surface area contributed by atoms with Gasteiger partial charge in [0.15, 0.2) is 0 Å². The van der Waals surface area contributed by atoms with E-state index in [0.717, 1.165) is 6.04 Å². The molecular weight excluding hydrogens is 178 g/mol. The number of hydrogen-bond donors (Lipinski definition) is 0. The molecule has 0 aromatic heterocycles. The van der Waals surface area contributed by atoms with Crippen molar-refractivity contribution in [1.29, 1.82) is 0 Å². The van der Waals surface area contributed by atoms with E-state index in [4.69, 9.17) is 0 Å². The molecule has 0 aliphatic heterocycles. The van der Waals surface area contributed by atoms with Gasteiger partial charge in [-0.2, -0.15) is 0 Å². The highest BCUT2D eigenvalue weighted by molar-refractivity contribution is 6.76. The summed E-state index contributed by atoms with van der Waals surface area (Å²) in [7, 11) is 2.50. The summed E-state index contributed by atoms with van der Waals surface area (Å²) in [4.78, 5) is 12.9. The van der Waals surface area contributed by atoms with Gasteiger partial charge in [-0.05, 0) is 13.0 Å². The molecule has 0 unspecified atom stereocenters. The maximum Gasteiger partial charge on any atom is 0.245 e. The van der Waals surface area contributed by atoms with Crippen LogP contribution in [-0.4, -0.2) is 33.0 Å². The third-order valence-corrected chi connectivity index (χ3v) is 3.24. The molecule has 76 valence electrons. The largest absolute Gasteiger partial charge is 0.345 e. The van der Waals surface area contributed by atoms with Crippen LogP contribution in [0.4, 0.5) is 0 Å². The Balaban J connectivity index is 4.26. The predicted molar refractivity (Wildman–Crippen MR) is 60.6 cm³/mol. The van der Waals surface area contributed by atoms with E-state index in [1.165, 1.54) is 5.57 Å². The van der Waals surface area contributed by atoms with Crippen LogP contribution in [0.5, 0.6) is 0 Å². The fourth-order valence-electron chi connectivity index (χ4n) is 1.23. The first-order valence-electron chi connectivity index (χ1n) is 4.61. The fraction of sp³-hybridized carbons (Fsp3) is 0.700. The lowest BCUT2D eigenvalue weighted by molar-refractivity contribution is -0.123. The fourth-order valence-corrected chi connectivity index (χ4v) is 3.00. The maximum atomic E-state index is 11.3. The molecule has 0 radical (unpaired) electrons. The molecule has 0 atom stereocenters. The van der Waals surface area contributed by atoms with Crippen molar-refractivity contribution in [3.05, 3.63) is 11.6 Å². The summed E-state index contributed by atoms with van der Waals surface area (Å²) in [6.07, 6.45) is 1.75. The summed E-state index contributed by atoms with van der Waals surface area (Å²) >= 11 is 0. The molecule has 0 rings (SSSR count). The second-order valence-electron chi connectivity index (χ2n) is 4.96. The van der Waals surface area contributed by atoms with E-state index in [1.54, 1.807) is 25.1 Å². The van der Waals surface area contributed by atoms with E-state index >= 15 is 0 Å². The van der Waals surface area contributed by atoms with E-state index in [2.05, 4.69) is 19.6 Å². The van der Waals surface area contributed by atoms with Gasteiger partial charge in [-0.3, -0.25) is 4.79 Å². The molecule has 1 amide bonds. The van der Waals surface area contributed by atoms with Crippen molar-refractivity contribution < 1.29 is 4.79 Å². The number of rotatable bonds is 3. The van der Waals surface area contributed by atoms with Crippen LogP contribution in [0.1, 0.15) is 6.92 Å². The Bertz CT molecular complexity index is 213. The van der Waals surface area contributed by atoms with Gasteiger partial charge in [-0.1, -0.05) is 25.2 Å². The summed E-state index contributed by atoms with van der Waals surface area (Å²) < 4.78 is 0. The zero-order valence-corrected chi connectivity index (χ0v) is 10.6. The number of hydrogen-bond acceptors (Lipinski definition) is 1. The van der Waals surface area contributed by atoms with E-state index in [9.17, 15) is 4.79 Å². The van der Waals surface area contributed by atoms with Gasteiger partial charge >= 0.3 is 0 Å². The number of carbonyl (C=O) groups excluding carboxylic acids is 1. The van der Waals surface area contributed by atoms with Gasteiger partial charge in [0.1, 0.15) is 0 Å². The highest BCUT2D eigenvalue weighted by atomic mass is 28.3. The van der Waals surface area contributed by atoms with Crippen LogP contribution in [0.2, 0.25) is 25.7 Å². The lowest BCUT2D eigenvalue weighted by Crippen LogP contribution is -2.22. The summed E-state index contributed by atoms with van der Waals surface area (Å²) in [5.74, 6) is 0.0933. The number of amides is 1. The third-order valence-electron chi connectivity index (χ3n) is 1.62. The normalized spacial score (nSPS) is 12.9. The standard InChI is InChI=1S/C10H21NOSi/c1-9(8-13(4,5)6)7-10(12)11(2)3/h7H,8H2,1-6H3/b9-7-. The van der Waals surface area contributed by atoms with Gasteiger partial charge < -0.3 is 4.90 Å². The van der Waals surface area contributed by atoms with Crippen LogP contribution >= 0.6 is 0 Å². The van der Waals surface area contributed by atoms with Crippen LogP contribution in [0.15, 0.2) is 11.6 Å². The molecule has 0 saturated carbocycles. The summed E-state index contributed by atoms with van der Waals surface area (Å²) in [6.45, 7) is 8.97. The van der Waals surface area contributed by atoms with E-state index in [-0.39, 0.29) is 5.91 Å². The number of allylic oxidation sites excluding steroid dienone is 1. The molecule has 0 bridgehead atoms. The van der Waals surface area contributed by atoms with Crippen molar-refractivity contribution in [3.8, 4) is 0 Å². The number of likely N-dealkylation sites (N-methyl/N-ethyl adjacent to an activating group) is 1. The molecule has 0 aliphatic rings. The zero-order chi connectivity index (χ0) is 10.6. The molecular formula is C10H21NOSi. The lowest BCUT2D eigenvalue weighted by atomic mass is 10.3. The molecule has 0 N–H and O–H groups in total. The topological polar surface area (TPSA) is 20.3 Å². The van der Waals surface area contributed by atoms with Crippen LogP contribution in [0, 0.1) is 0 Å². The SMILES string of the molecule is C/C(=C/C(=O)N(C)C)C[Si](C)(C)C.